The molecule has 3 aromatic rings. The van der Waals surface area contributed by atoms with E-state index in [2.05, 4.69) is 35.6 Å². The minimum atomic E-state index is -4.82. The average Bonchev–Trinajstić information content (AvgIpc) is 2.91. The molecule has 1 aliphatic carbocycles. The summed E-state index contributed by atoms with van der Waals surface area (Å²) < 4.78 is 65.5. The number of carbonyl (C=O) groups excluding carboxylic acids is 1. The Balaban J connectivity index is 1.34. The zero-order chi connectivity index (χ0) is 28.9. The van der Waals surface area contributed by atoms with Crippen molar-refractivity contribution in [1.82, 2.24) is 20.3 Å². The highest BCUT2D eigenvalue weighted by Crippen LogP contribution is 2.29. The quantitative estimate of drug-likeness (QED) is 0.342. The number of nitrogens with zero attached hydrogens (tertiary/aromatic N) is 3. The number of alkyl halides is 3. The smallest absolute Gasteiger partial charge is 0.405 e. The molecule has 1 aliphatic rings. The normalized spacial score (nSPS) is 17.6. The summed E-state index contributed by atoms with van der Waals surface area (Å²) in [6, 6.07) is 12.0. The lowest BCUT2D eigenvalue weighted by atomic mass is 9.85. The van der Waals surface area contributed by atoms with E-state index >= 15 is 0 Å². The van der Waals surface area contributed by atoms with Crippen molar-refractivity contribution in [1.29, 1.82) is 0 Å². The Morgan fingerprint density at radius 3 is 2.25 bits per heavy atom. The minimum absolute atomic E-state index is 0.00229. The van der Waals surface area contributed by atoms with Crippen LogP contribution in [0.1, 0.15) is 31.2 Å². The van der Waals surface area contributed by atoms with Crippen LogP contribution in [0.15, 0.2) is 53.4 Å². The van der Waals surface area contributed by atoms with Gasteiger partial charge in [-0.15, -0.1) is 13.2 Å². The molecule has 0 aliphatic heterocycles. The molecule has 1 saturated carbocycles. The highest BCUT2D eigenvalue weighted by Gasteiger charge is 2.32. The third kappa shape index (κ3) is 7.81. The second-order valence-corrected chi connectivity index (χ2v) is 11.4. The number of ether oxygens (including phenoxy) is 1. The van der Waals surface area contributed by atoms with Crippen LogP contribution in [0, 0.1) is 5.92 Å². The van der Waals surface area contributed by atoms with Gasteiger partial charge in [-0.3, -0.25) is 4.79 Å². The molecule has 0 unspecified atom stereocenters. The van der Waals surface area contributed by atoms with E-state index in [9.17, 15) is 26.4 Å². The Morgan fingerprint density at radius 2 is 1.62 bits per heavy atom. The fourth-order valence-corrected chi connectivity index (χ4v) is 5.05. The van der Waals surface area contributed by atoms with Gasteiger partial charge in [-0.05, 0) is 56.0 Å². The lowest BCUT2D eigenvalue weighted by Gasteiger charge is -2.28. The van der Waals surface area contributed by atoms with Crippen molar-refractivity contribution < 1.29 is 31.1 Å². The third-order valence-corrected chi connectivity index (χ3v) is 7.61. The van der Waals surface area contributed by atoms with Crippen molar-refractivity contribution in [3.8, 4) is 17.1 Å². The molecule has 40 heavy (non-hydrogen) atoms. The number of hydrogen-bond acceptors (Lipinski definition) is 9. The Morgan fingerprint density at radius 1 is 0.975 bits per heavy atom. The summed E-state index contributed by atoms with van der Waals surface area (Å²) in [5.41, 5.74) is 0.859. The first-order valence-corrected chi connectivity index (χ1v) is 14.4. The molecule has 3 N–H and O–H groups in total. The van der Waals surface area contributed by atoms with Gasteiger partial charge in [-0.25, -0.2) is 8.42 Å². The average molecular weight is 579 g/mol. The number of sulfone groups is 1. The van der Waals surface area contributed by atoms with Gasteiger partial charge in [-0.2, -0.15) is 15.0 Å². The van der Waals surface area contributed by atoms with E-state index in [1.54, 1.807) is 25.2 Å². The highest BCUT2D eigenvalue weighted by molar-refractivity contribution is 7.90. The largest absolute Gasteiger partial charge is 0.573 e. The van der Waals surface area contributed by atoms with Crippen molar-refractivity contribution in [3.05, 3.63) is 54.1 Å². The number of para-hydroxylation sites is 1. The number of hydrogen-bond donors (Lipinski definition) is 3. The fourth-order valence-electron chi connectivity index (χ4n) is 4.42. The summed E-state index contributed by atoms with van der Waals surface area (Å²) in [4.78, 5) is 26.2. The molecule has 0 radical (unpaired) electrons. The number of aromatic nitrogens is 3. The molecule has 0 atom stereocenters. The van der Waals surface area contributed by atoms with E-state index in [0.717, 1.165) is 6.26 Å². The molecule has 0 bridgehead atoms. The van der Waals surface area contributed by atoms with Gasteiger partial charge in [0.2, 0.25) is 17.8 Å². The van der Waals surface area contributed by atoms with Gasteiger partial charge in [0.15, 0.2) is 15.7 Å². The second kappa shape index (κ2) is 12.1. The van der Waals surface area contributed by atoms with Gasteiger partial charge in [0, 0.05) is 42.9 Å². The zero-order valence-electron chi connectivity index (χ0n) is 21.8. The maximum absolute atomic E-state index is 12.7. The van der Waals surface area contributed by atoms with Gasteiger partial charge < -0.3 is 20.7 Å². The molecule has 2 aromatic carbocycles. The number of carbonyl (C=O) groups is 1. The van der Waals surface area contributed by atoms with Crippen LogP contribution in [0.25, 0.3) is 11.4 Å². The lowest BCUT2D eigenvalue weighted by Crippen LogP contribution is -2.36. The molecule has 1 aromatic heterocycles. The number of amides is 1. The van der Waals surface area contributed by atoms with Gasteiger partial charge >= 0.3 is 6.36 Å². The summed E-state index contributed by atoms with van der Waals surface area (Å²) in [5, 5.41) is 8.92. The molecule has 4 rings (SSSR count). The predicted octanol–water partition coefficient (Wildman–Crippen LogP) is 4.17. The monoisotopic (exact) mass is 578 g/mol. The molecular formula is C26H29F3N6O4S. The first kappa shape index (κ1) is 29.1. The van der Waals surface area contributed by atoms with Crippen LogP contribution >= 0.6 is 0 Å². The Labute approximate surface area is 229 Å². The Bertz CT molecular complexity index is 1440. The van der Waals surface area contributed by atoms with Crippen LogP contribution in [0.3, 0.4) is 0 Å². The number of nitrogens with one attached hydrogen (secondary N) is 3. The summed E-state index contributed by atoms with van der Waals surface area (Å²) in [6.07, 6.45) is -1.21. The summed E-state index contributed by atoms with van der Waals surface area (Å²) in [5.74, 6) is 0.205. The van der Waals surface area contributed by atoms with E-state index in [1.807, 2.05) is 0 Å². The number of halogens is 3. The van der Waals surface area contributed by atoms with Crippen LogP contribution in [-0.4, -0.2) is 55.0 Å². The lowest BCUT2D eigenvalue weighted by molar-refractivity contribution is -0.274. The van der Waals surface area contributed by atoms with Crippen molar-refractivity contribution >= 4 is 27.6 Å². The fraction of sp³-hybridized carbons (Fsp3) is 0.385. The molecular weight excluding hydrogens is 549 g/mol. The van der Waals surface area contributed by atoms with Crippen LogP contribution in [0.4, 0.5) is 25.1 Å². The van der Waals surface area contributed by atoms with Crippen LogP contribution in [0.2, 0.25) is 0 Å². The van der Waals surface area contributed by atoms with E-state index in [1.165, 1.54) is 30.3 Å². The first-order valence-electron chi connectivity index (χ1n) is 12.5. The van der Waals surface area contributed by atoms with Crippen molar-refractivity contribution in [2.24, 2.45) is 5.92 Å². The van der Waals surface area contributed by atoms with Gasteiger partial charge in [0.1, 0.15) is 5.75 Å². The summed E-state index contributed by atoms with van der Waals surface area (Å²) >= 11 is 0. The Hall–Kier alpha value is -3.94. The molecule has 0 saturated heterocycles. The van der Waals surface area contributed by atoms with Crippen molar-refractivity contribution in [2.45, 2.75) is 49.5 Å². The maximum atomic E-state index is 12.7. The molecule has 14 heteroatoms. The molecule has 1 heterocycles. The summed E-state index contributed by atoms with van der Waals surface area (Å²) in [6.45, 7) is -0.0745. The first-order chi connectivity index (χ1) is 18.9. The molecule has 10 nitrogen and oxygen atoms in total. The van der Waals surface area contributed by atoms with Crippen LogP contribution in [-0.2, 0) is 21.2 Å². The molecule has 1 amide bonds. The van der Waals surface area contributed by atoms with Crippen LogP contribution in [0.5, 0.6) is 5.75 Å². The standard InChI is InChI=1S/C26H29F3N6O4S/c1-30-24-33-22(16-9-13-20(14-10-16)40(2,37)38)34-25(35-24)32-19-11-7-17(8-12-19)23(36)31-15-18-5-3-4-6-21(18)39-26(27,28)29/h3-6,9-10,13-14,17,19H,7-8,11-12,15H2,1-2H3,(H,31,36)(H2,30,32,33,34,35)/t17-,19+. The van der Waals surface area contributed by atoms with Crippen molar-refractivity contribution in [3.63, 3.8) is 0 Å². The minimum Gasteiger partial charge on any atom is -0.405 e. The SMILES string of the molecule is CNc1nc(N[C@H]2CC[C@@H](C(=O)NCc3ccccc3OC(F)(F)F)CC2)nc(-c2ccc(S(C)(=O)=O)cc2)n1. The second-order valence-electron chi connectivity index (χ2n) is 9.42. The van der Waals surface area contributed by atoms with Gasteiger partial charge in [0.05, 0.1) is 4.90 Å². The van der Waals surface area contributed by atoms with E-state index in [0.29, 0.717) is 49.0 Å². The zero-order valence-corrected chi connectivity index (χ0v) is 22.6. The van der Waals surface area contributed by atoms with Crippen LogP contribution < -0.4 is 20.7 Å². The van der Waals surface area contributed by atoms with E-state index in [4.69, 9.17) is 0 Å². The van der Waals surface area contributed by atoms with Crippen molar-refractivity contribution in [2.75, 3.05) is 23.9 Å². The predicted molar refractivity (Wildman–Crippen MR) is 142 cm³/mol. The molecule has 0 spiro atoms. The van der Waals surface area contributed by atoms with Gasteiger partial charge in [-0.1, -0.05) is 18.2 Å². The van der Waals surface area contributed by atoms with E-state index in [-0.39, 0.29) is 40.6 Å². The maximum Gasteiger partial charge on any atom is 0.573 e. The summed E-state index contributed by atoms with van der Waals surface area (Å²) in [7, 11) is -1.66. The Kier molecular flexibility index (Phi) is 8.76. The molecule has 214 valence electrons. The highest BCUT2D eigenvalue weighted by atomic mass is 32.2. The topological polar surface area (TPSA) is 135 Å². The van der Waals surface area contributed by atoms with E-state index < -0.39 is 16.2 Å². The number of rotatable bonds is 9. The number of anilines is 2. The molecule has 1 fully saturated rings. The third-order valence-electron chi connectivity index (χ3n) is 6.48. The van der Waals surface area contributed by atoms with Gasteiger partial charge in [0.25, 0.3) is 0 Å². The number of benzene rings is 2.